The van der Waals surface area contributed by atoms with Crippen molar-refractivity contribution >= 4 is 17.6 Å². The molecule has 0 bridgehead atoms. The molecule has 0 aromatic carbocycles. The van der Waals surface area contributed by atoms with Crippen molar-refractivity contribution in [1.82, 2.24) is 24.7 Å². The zero-order valence-corrected chi connectivity index (χ0v) is 11.6. The Hall–Kier alpha value is -2.20. The molecule has 0 unspecified atom stereocenters. The lowest BCUT2D eigenvalue weighted by Gasteiger charge is -2.07. The molecule has 0 amide bonds. The number of nitrogens with one attached hydrogen (secondary N) is 1. The SMILES string of the molecule is COCc1nc(N)cc(Sc2nc(=O)c(=O)[nH]n2C)n1. The smallest absolute Gasteiger partial charge is 0.339 e. The van der Waals surface area contributed by atoms with Crippen LogP contribution in [0.4, 0.5) is 5.82 Å². The molecular formula is C10H12N6O3S. The second-order valence-corrected chi connectivity index (χ2v) is 4.77. The van der Waals surface area contributed by atoms with E-state index in [-0.39, 0.29) is 17.6 Å². The van der Waals surface area contributed by atoms with Gasteiger partial charge in [0.15, 0.2) is 11.0 Å². The predicted octanol–water partition coefficient (Wildman–Crippen LogP) is -0.862. The number of ether oxygens (including phenoxy) is 1. The van der Waals surface area contributed by atoms with Crippen LogP contribution in [0.3, 0.4) is 0 Å². The van der Waals surface area contributed by atoms with Crippen molar-refractivity contribution in [3.05, 3.63) is 32.6 Å². The van der Waals surface area contributed by atoms with E-state index in [4.69, 9.17) is 10.5 Å². The highest BCUT2D eigenvalue weighted by atomic mass is 32.2. The first kappa shape index (κ1) is 14.2. The summed E-state index contributed by atoms with van der Waals surface area (Å²) in [5.74, 6) is 0.702. The molecule has 0 aliphatic carbocycles. The molecule has 0 spiro atoms. The van der Waals surface area contributed by atoms with E-state index in [1.54, 1.807) is 13.1 Å². The molecule has 0 aliphatic rings. The summed E-state index contributed by atoms with van der Waals surface area (Å²) < 4.78 is 6.27. The van der Waals surface area contributed by atoms with Crippen LogP contribution in [0.2, 0.25) is 0 Å². The normalized spacial score (nSPS) is 10.7. The quantitative estimate of drug-likeness (QED) is 0.550. The summed E-state index contributed by atoms with van der Waals surface area (Å²) in [4.78, 5) is 34.3. The molecule has 20 heavy (non-hydrogen) atoms. The lowest BCUT2D eigenvalue weighted by atomic mass is 10.5. The molecule has 0 radical (unpaired) electrons. The maximum absolute atomic E-state index is 11.3. The highest BCUT2D eigenvalue weighted by Crippen LogP contribution is 2.23. The zero-order valence-electron chi connectivity index (χ0n) is 10.8. The third kappa shape index (κ3) is 3.22. The Morgan fingerprint density at radius 2 is 2.15 bits per heavy atom. The maximum atomic E-state index is 11.3. The van der Waals surface area contributed by atoms with Gasteiger partial charge in [-0.2, -0.15) is 4.98 Å². The number of H-pyrrole nitrogens is 1. The van der Waals surface area contributed by atoms with E-state index < -0.39 is 11.1 Å². The number of aromatic amines is 1. The van der Waals surface area contributed by atoms with Gasteiger partial charge in [-0.1, -0.05) is 0 Å². The molecular weight excluding hydrogens is 284 g/mol. The van der Waals surface area contributed by atoms with Crippen molar-refractivity contribution in [2.75, 3.05) is 12.8 Å². The summed E-state index contributed by atoms with van der Waals surface area (Å²) in [6, 6.07) is 1.54. The first-order chi connectivity index (χ1) is 9.49. The minimum atomic E-state index is -0.857. The Kier molecular flexibility index (Phi) is 4.15. The molecule has 2 heterocycles. The number of hydrogen-bond acceptors (Lipinski definition) is 8. The van der Waals surface area contributed by atoms with Gasteiger partial charge >= 0.3 is 11.1 Å². The monoisotopic (exact) mass is 296 g/mol. The van der Waals surface area contributed by atoms with Crippen LogP contribution < -0.4 is 16.9 Å². The molecule has 3 N–H and O–H groups in total. The number of nitrogen functional groups attached to an aromatic ring is 1. The fraction of sp³-hybridized carbons (Fsp3) is 0.300. The Morgan fingerprint density at radius 1 is 1.40 bits per heavy atom. The van der Waals surface area contributed by atoms with E-state index >= 15 is 0 Å². The van der Waals surface area contributed by atoms with Crippen LogP contribution in [0.5, 0.6) is 0 Å². The Labute approximate surface area is 117 Å². The Balaban J connectivity index is 2.37. The van der Waals surface area contributed by atoms with E-state index in [1.165, 1.54) is 11.8 Å². The van der Waals surface area contributed by atoms with Crippen molar-refractivity contribution in [3.63, 3.8) is 0 Å². The van der Waals surface area contributed by atoms with Gasteiger partial charge in [0.2, 0.25) is 0 Å². The third-order valence-corrected chi connectivity index (χ3v) is 3.15. The average Bonchev–Trinajstić information content (AvgIpc) is 2.35. The second-order valence-electron chi connectivity index (χ2n) is 3.78. The minimum Gasteiger partial charge on any atom is -0.384 e. The Morgan fingerprint density at radius 3 is 2.85 bits per heavy atom. The molecule has 0 fully saturated rings. The van der Waals surface area contributed by atoms with Crippen molar-refractivity contribution in [3.8, 4) is 0 Å². The number of nitrogens with zero attached hydrogens (tertiary/aromatic N) is 4. The first-order valence-electron chi connectivity index (χ1n) is 5.47. The summed E-state index contributed by atoms with van der Waals surface area (Å²) in [7, 11) is 3.09. The van der Waals surface area contributed by atoms with Gasteiger partial charge in [0.1, 0.15) is 17.5 Å². The van der Waals surface area contributed by atoms with Crippen molar-refractivity contribution in [2.45, 2.75) is 16.8 Å². The number of nitrogens with two attached hydrogens (primary N) is 1. The molecule has 9 nitrogen and oxygen atoms in total. The number of rotatable bonds is 4. The predicted molar refractivity (Wildman–Crippen MR) is 71.4 cm³/mol. The summed E-state index contributed by atoms with van der Waals surface area (Å²) in [5, 5.41) is 3.13. The number of methoxy groups -OCH3 is 1. The highest BCUT2D eigenvalue weighted by Gasteiger charge is 2.09. The summed E-state index contributed by atoms with van der Waals surface area (Å²) in [5.41, 5.74) is 4.03. The van der Waals surface area contributed by atoms with Crippen molar-refractivity contribution in [1.29, 1.82) is 0 Å². The van der Waals surface area contributed by atoms with Gasteiger partial charge < -0.3 is 10.5 Å². The van der Waals surface area contributed by atoms with Gasteiger partial charge in [0.05, 0.1) is 0 Å². The van der Waals surface area contributed by atoms with Gasteiger partial charge in [-0.3, -0.25) is 19.4 Å². The molecule has 106 valence electrons. The van der Waals surface area contributed by atoms with Crippen molar-refractivity contribution in [2.24, 2.45) is 7.05 Å². The van der Waals surface area contributed by atoms with E-state index in [2.05, 4.69) is 20.1 Å². The average molecular weight is 296 g/mol. The summed E-state index contributed by atoms with van der Waals surface area (Å²) >= 11 is 1.09. The topological polar surface area (TPSA) is 129 Å². The number of aromatic nitrogens is 5. The van der Waals surface area contributed by atoms with E-state index in [0.29, 0.717) is 10.9 Å². The fourth-order valence-corrected chi connectivity index (χ4v) is 2.21. The standard InChI is InChI=1S/C10H12N6O3S/c1-16-10(14-8(17)9(18)15-16)20-7-3-5(11)12-6(13-7)4-19-2/h3H,4H2,1-2H3,(H,15,18)(H2,11,12,13). The molecule has 2 aromatic rings. The lowest BCUT2D eigenvalue weighted by molar-refractivity contribution is 0.177. The lowest BCUT2D eigenvalue weighted by Crippen LogP contribution is -2.33. The van der Waals surface area contributed by atoms with Gasteiger partial charge in [0.25, 0.3) is 0 Å². The van der Waals surface area contributed by atoms with Crippen LogP contribution >= 0.6 is 11.8 Å². The number of hydrogen-bond donors (Lipinski definition) is 2. The third-order valence-electron chi connectivity index (χ3n) is 2.19. The molecule has 0 saturated carbocycles. The highest BCUT2D eigenvalue weighted by molar-refractivity contribution is 7.99. The van der Waals surface area contributed by atoms with E-state index in [9.17, 15) is 9.59 Å². The molecule has 10 heteroatoms. The molecule has 0 atom stereocenters. The zero-order chi connectivity index (χ0) is 14.7. The van der Waals surface area contributed by atoms with Gasteiger partial charge in [-0.05, 0) is 11.8 Å². The van der Waals surface area contributed by atoms with Gasteiger partial charge in [-0.25, -0.2) is 9.97 Å². The van der Waals surface area contributed by atoms with Crippen LogP contribution in [0.25, 0.3) is 0 Å². The summed E-state index contributed by atoms with van der Waals surface area (Å²) in [6.45, 7) is 0.219. The van der Waals surface area contributed by atoms with Gasteiger partial charge in [0, 0.05) is 20.2 Å². The molecule has 0 saturated heterocycles. The van der Waals surface area contributed by atoms with Crippen LogP contribution in [0.1, 0.15) is 5.82 Å². The maximum Gasteiger partial charge on any atom is 0.339 e. The second kappa shape index (κ2) is 5.84. The van der Waals surface area contributed by atoms with Crippen molar-refractivity contribution < 1.29 is 4.74 Å². The number of aryl methyl sites for hydroxylation is 1. The molecule has 2 rings (SSSR count). The van der Waals surface area contributed by atoms with E-state index in [1.807, 2.05) is 0 Å². The summed E-state index contributed by atoms with van der Waals surface area (Å²) in [6.07, 6.45) is 0. The van der Waals surface area contributed by atoms with Crippen LogP contribution in [0, 0.1) is 0 Å². The van der Waals surface area contributed by atoms with Crippen LogP contribution in [-0.2, 0) is 18.4 Å². The minimum absolute atomic E-state index is 0.219. The van der Waals surface area contributed by atoms with E-state index in [0.717, 1.165) is 11.8 Å². The largest absolute Gasteiger partial charge is 0.384 e. The molecule has 2 aromatic heterocycles. The number of anilines is 1. The van der Waals surface area contributed by atoms with Crippen LogP contribution in [0.15, 0.2) is 25.8 Å². The molecule has 0 aliphatic heterocycles. The van der Waals surface area contributed by atoms with Gasteiger partial charge in [-0.15, -0.1) is 0 Å². The van der Waals surface area contributed by atoms with Crippen LogP contribution in [-0.4, -0.2) is 31.8 Å². The fourth-order valence-electron chi connectivity index (χ4n) is 1.38. The Bertz CT molecular complexity index is 741. The first-order valence-corrected chi connectivity index (χ1v) is 6.29.